The van der Waals surface area contributed by atoms with Gasteiger partial charge in [-0.25, -0.2) is 0 Å². The quantitative estimate of drug-likeness (QED) is 0.494. The minimum Gasteiger partial charge on any atom is -0.469 e. The van der Waals surface area contributed by atoms with Crippen LogP contribution < -0.4 is 5.32 Å². The molecule has 0 aliphatic heterocycles. The van der Waals surface area contributed by atoms with Gasteiger partial charge in [0.05, 0.1) is 18.5 Å². The van der Waals surface area contributed by atoms with Crippen LogP contribution in [0.3, 0.4) is 0 Å². The zero-order valence-electron chi connectivity index (χ0n) is 9.93. The molecule has 0 unspecified atom stereocenters. The molecule has 1 rings (SSSR count). The van der Waals surface area contributed by atoms with Gasteiger partial charge in [0.25, 0.3) is 5.69 Å². The molecule has 0 aliphatic rings. The highest BCUT2D eigenvalue weighted by Crippen LogP contribution is 2.23. The van der Waals surface area contributed by atoms with Gasteiger partial charge < -0.3 is 10.1 Å². The van der Waals surface area contributed by atoms with Gasteiger partial charge in [0.15, 0.2) is 0 Å². The predicted molar refractivity (Wildman–Crippen MR) is 63.1 cm³/mol. The number of hydrogen-bond acceptors (Lipinski definition) is 5. The van der Waals surface area contributed by atoms with Crippen LogP contribution in [-0.2, 0) is 20.7 Å². The molecule has 1 amide bonds. The molecule has 0 fully saturated rings. The summed E-state index contributed by atoms with van der Waals surface area (Å²) in [6, 6.07) is 3.88. The van der Waals surface area contributed by atoms with Crippen molar-refractivity contribution < 1.29 is 19.2 Å². The van der Waals surface area contributed by atoms with Crippen LogP contribution in [0.4, 0.5) is 11.4 Å². The van der Waals surface area contributed by atoms with Crippen LogP contribution in [0.15, 0.2) is 18.2 Å². The molecule has 7 heteroatoms. The van der Waals surface area contributed by atoms with Crippen LogP contribution >= 0.6 is 0 Å². The van der Waals surface area contributed by atoms with E-state index >= 15 is 0 Å². The summed E-state index contributed by atoms with van der Waals surface area (Å²) in [7, 11) is 1.22. The third-order valence-corrected chi connectivity index (χ3v) is 2.17. The van der Waals surface area contributed by atoms with E-state index in [1.807, 2.05) is 0 Å². The normalized spacial score (nSPS) is 9.67. The number of nitro benzene ring substituents is 1. The van der Waals surface area contributed by atoms with E-state index in [2.05, 4.69) is 10.1 Å². The zero-order chi connectivity index (χ0) is 13.7. The second-order valence-electron chi connectivity index (χ2n) is 3.53. The Morgan fingerprint density at radius 3 is 2.61 bits per heavy atom. The van der Waals surface area contributed by atoms with E-state index in [9.17, 15) is 19.7 Å². The lowest BCUT2D eigenvalue weighted by atomic mass is 10.1. The Morgan fingerprint density at radius 1 is 1.44 bits per heavy atom. The summed E-state index contributed by atoms with van der Waals surface area (Å²) in [5, 5.41) is 13.1. The van der Waals surface area contributed by atoms with Crippen LogP contribution in [0.2, 0.25) is 0 Å². The fourth-order valence-electron chi connectivity index (χ4n) is 1.38. The molecule has 1 aromatic rings. The second kappa shape index (κ2) is 5.76. The number of anilines is 1. The van der Waals surface area contributed by atoms with Gasteiger partial charge in [-0.05, 0) is 11.6 Å². The molecule has 0 radical (unpaired) electrons. The molecular formula is C11H12N2O5. The van der Waals surface area contributed by atoms with E-state index in [1.54, 1.807) is 0 Å². The number of amides is 1. The first-order valence-corrected chi connectivity index (χ1v) is 5.05. The molecule has 0 heterocycles. The number of carbonyl (C=O) groups excluding carboxylic acids is 2. The highest BCUT2D eigenvalue weighted by atomic mass is 16.6. The Labute approximate surface area is 103 Å². The van der Waals surface area contributed by atoms with Crippen molar-refractivity contribution >= 4 is 23.3 Å². The molecule has 0 saturated carbocycles. The third kappa shape index (κ3) is 3.55. The Balaban J connectivity index is 3.12. The lowest BCUT2D eigenvalue weighted by molar-refractivity contribution is -0.384. The Hall–Kier alpha value is -2.44. The first kappa shape index (κ1) is 13.6. The van der Waals surface area contributed by atoms with Crippen molar-refractivity contribution in [3.05, 3.63) is 33.9 Å². The summed E-state index contributed by atoms with van der Waals surface area (Å²) in [4.78, 5) is 32.2. The van der Waals surface area contributed by atoms with E-state index in [4.69, 9.17) is 0 Å². The smallest absolute Gasteiger partial charge is 0.310 e. The van der Waals surface area contributed by atoms with Gasteiger partial charge in [0.1, 0.15) is 0 Å². The number of benzene rings is 1. The first-order chi connectivity index (χ1) is 8.43. The van der Waals surface area contributed by atoms with Crippen molar-refractivity contribution in [1.29, 1.82) is 0 Å². The van der Waals surface area contributed by atoms with Crippen LogP contribution in [0.25, 0.3) is 0 Å². The lowest BCUT2D eigenvalue weighted by Crippen LogP contribution is -2.12. The maximum Gasteiger partial charge on any atom is 0.310 e. The van der Waals surface area contributed by atoms with Gasteiger partial charge in [-0.3, -0.25) is 19.7 Å². The summed E-state index contributed by atoms with van der Waals surface area (Å²) < 4.78 is 4.49. The summed E-state index contributed by atoms with van der Waals surface area (Å²) in [5.41, 5.74) is 0.549. The molecule has 0 aromatic heterocycles. The van der Waals surface area contributed by atoms with Gasteiger partial charge in [-0.2, -0.15) is 0 Å². The van der Waals surface area contributed by atoms with Crippen molar-refractivity contribution in [3.63, 3.8) is 0 Å². The fraction of sp³-hybridized carbons (Fsp3) is 0.273. The molecule has 0 bridgehead atoms. The highest BCUT2D eigenvalue weighted by Gasteiger charge is 2.14. The molecular weight excluding hydrogens is 240 g/mol. The molecule has 1 aromatic carbocycles. The lowest BCUT2D eigenvalue weighted by Gasteiger charge is -2.08. The van der Waals surface area contributed by atoms with Crippen LogP contribution in [-0.4, -0.2) is 23.9 Å². The monoisotopic (exact) mass is 252 g/mol. The van der Waals surface area contributed by atoms with Crippen molar-refractivity contribution in [3.8, 4) is 0 Å². The standard InChI is InChI=1S/C11H12N2O5/c1-7(14)12-10-4-3-9(13(16)17)5-8(10)6-11(15)18-2/h3-5H,6H2,1-2H3,(H,12,14). The van der Waals surface area contributed by atoms with Crippen LogP contribution in [0.5, 0.6) is 0 Å². The summed E-state index contributed by atoms with van der Waals surface area (Å²) >= 11 is 0. The van der Waals surface area contributed by atoms with E-state index in [1.165, 1.54) is 32.2 Å². The van der Waals surface area contributed by atoms with Gasteiger partial charge in [0.2, 0.25) is 5.91 Å². The number of non-ortho nitro benzene ring substituents is 1. The van der Waals surface area contributed by atoms with E-state index < -0.39 is 10.9 Å². The van der Waals surface area contributed by atoms with Gasteiger partial charge in [-0.1, -0.05) is 0 Å². The first-order valence-electron chi connectivity index (χ1n) is 5.05. The molecule has 7 nitrogen and oxygen atoms in total. The maximum atomic E-state index is 11.2. The van der Waals surface area contributed by atoms with Gasteiger partial charge >= 0.3 is 5.97 Å². The number of esters is 1. The summed E-state index contributed by atoms with van der Waals surface area (Å²) in [6.07, 6.45) is -0.145. The predicted octanol–water partition coefficient (Wildman–Crippen LogP) is 1.27. The number of carbonyl (C=O) groups is 2. The molecule has 0 atom stereocenters. The molecule has 0 aliphatic carbocycles. The second-order valence-corrected chi connectivity index (χ2v) is 3.53. The number of nitrogens with one attached hydrogen (secondary N) is 1. The van der Waals surface area contributed by atoms with Crippen molar-refractivity contribution in [1.82, 2.24) is 0 Å². The number of ether oxygens (including phenoxy) is 1. The number of rotatable bonds is 4. The van der Waals surface area contributed by atoms with Crippen LogP contribution in [0, 0.1) is 10.1 Å². The van der Waals surface area contributed by atoms with E-state index in [0.29, 0.717) is 11.3 Å². The van der Waals surface area contributed by atoms with Crippen molar-refractivity contribution in [2.24, 2.45) is 0 Å². The molecule has 0 spiro atoms. The van der Waals surface area contributed by atoms with Gasteiger partial charge in [0, 0.05) is 24.7 Å². The average Bonchev–Trinajstić information content (AvgIpc) is 2.30. The molecule has 18 heavy (non-hydrogen) atoms. The topological polar surface area (TPSA) is 98.5 Å². The summed E-state index contributed by atoms with van der Waals surface area (Å²) in [5.74, 6) is -0.864. The average molecular weight is 252 g/mol. The van der Waals surface area contributed by atoms with Crippen molar-refractivity contribution in [2.45, 2.75) is 13.3 Å². The van der Waals surface area contributed by atoms with E-state index in [-0.39, 0.29) is 18.0 Å². The molecule has 1 N–H and O–H groups in total. The van der Waals surface area contributed by atoms with E-state index in [0.717, 1.165) is 0 Å². The largest absolute Gasteiger partial charge is 0.469 e. The van der Waals surface area contributed by atoms with Crippen LogP contribution in [0.1, 0.15) is 12.5 Å². The number of methoxy groups -OCH3 is 1. The SMILES string of the molecule is COC(=O)Cc1cc([N+](=O)[O-])ccc1NC(C)=O. The van der Waals surface area contributed by atoms with Gasteiger partial charge in [-0.15, -0.1) is 0 Å². The maximum absolute atomic E-state index is 11.2. The number of nitro groups is 1. The fourth-order valence-corrected chi connectivity index (χ4v) is 1.38. The minimum absolute atomic E-state index is 0.145. The van der Waals surface area contributed by atoms with Crippen molar-refractivity contribution in [2.75, 3.05) is 12.4 Å². The third-order valence-electron chi connectivity index (χ3n) is 2.17. The molecule has 0 saturated heterocycles. The highest BCUT2D eigenvalue weighted by molar-refractivity contribution is 5.90. The zero-order valence-corrected chi connectivity index (χ0v) is 9.93. The Bertz CT molecular complexity index is 498. The Morgan fingerprint density at radius 2 is 2.11 bits per heavy atom. The summed E-state index contributed by atoms with van der Waals surface area (Å²) in [6.45, 7) is 1.31. The molecule has 96 valence electrons. The number of nitrogens with zero attached hydrogens (tertiary/aromatic N) is 1. The minimum atomic E-state index is -0.571. The Kier molecular flexibility index (Phi) is 4.36. The number of hydrogen-bond donors (Lipinski definition) is 1.